The van der Waals surface area contributed by atoms with Crippen LogP contribution >= 0.6 is 0 Å². The Morgan fingerprint density at radius 1 is 1.12 bits per heavy atom. The lowest BCUT2D eigenvalue weighted by Crippen LogP contribution is -2.36. The Balaban J connectivity index is 1.78. The van der Waals surface area contributed by atoms with Gasteiger partial charge in [0.2, 0.25) is 5.95 Å². The summed E-state index contributed by atoms with van der Waals surface area (Å²) in [6.45, 7) is 5.66. The summed E-state index contributed by atoms with van der Waals surface area (Å²) in [4.78, 5) is 23.4. The molecule has 24 heavy (non-hydrogen) atoms. The number of anilines is 2. The summed E-state index contributed by atoms with van der Waals surface area (Å²) in [5, 5.41) is 3.20. The van der Waals surface area contributed by atoms with Crippen LogP contribution in [0.5, 0.6) is 0 Å². The Morgan fingerprint density at radius 2 is 1.83 bits per heavy atom. The molecule has 1 aromatic carbocycles. The van der Waals surface area contributed by atoms with Gasteiger partial charge in [0, 0.05) is 24.5 Å². The lowest BCUT2D eigenvalue weighted by Gasteiger charge is -2.26. The SMILES string of the molecule is CCc1ccc(Nc2nc(C)cc(C(=O)N3CCCCC3)n2)cc1. The molecule has 1 N–H and O–H groups in total. The van der Waals surface area contributed by atoms with E-state index in [0.717, 1.165) is 43.7 Å². The Kier molecular flexibility index (Phi) is 5.08. The smallest absolute Gasteiger partial charge is 0.272 e. The first-order chi connectivity index (χ1) is 11.7. The normalized spacial score (nSPS) is 14.5. The van der Waals surface area contributed by atoms with Crippen molar-refractivity contribution >= 4 is 17.5 Å². The van der Waals surface area contributed by atoms with Gasteiger partial charge in [-0.3, -0.25) is 4.79 Å². The fraction of sp³-hybridized carbons (Fsp3) is 0.421. The summed E-state index contributed by atoms with van der Waals surface area (Å²) in [7, 11) is 0. The summed E-state index contributed by atoms with van der Waals surface area (Å²) in [5.41, 5.74) is 3.47. The molecule has 2 aromatic rings. The number of carbonyl (C=O) groups is 1. The minimum absolute atomic E-state index is 0.00424. The largest absolute Gasteiger partial charge is 0.337 e. The standard InChI is InChI=1S/C19H24N4O/c1-3-15-7-9-16(10-8-15)21-19-20-14(2)13-17(22-19)18(24)23-11-5-4-6-12-23/h7-10,13H,3-6,11-12H2,1-2H3,(H,20,21,22). The Bertz CT molecular complexity index is 706. The van der Waals surface area contributed by atoms with Crippen LogP contribution in [0.3, 0.4) is 0 Å². The van der Waals surface area contributed by atoms with Crippen molar-refractivity contribution < 1.29 is 4.79 Å². The van der Waals surface area contributed by atoms with Crippen LogP contribution in [0.2, 0.25) is 0 Å². The van der Waals surface area contributed by atoms with E-state index in [2.05, 4.69) is 34.3 Å². The van der Waals surface area contributed by atoms with Gasteiger partial charge in [0.25, 0.3) is 5.91 Å². The van der Waals surface area contributed by atoms with E-state index >= 15 is 0 Å². The van der Waals surface area contributed by atoms with E-state index in [-0.39, 0.29) is 5.91 Å². The number of hydrogen-bond acceptors (Lipinski definition) is 4. The summed E-state index contributed by atoms with van der Waals surface area (Å²) < 4.78 is 0. The van der Waals surface area contributed by atoms with Crippen LogP contribution in [0.15, 0.2) is 30.3 Å². The van der Waals surface area contributed by atoms with Crippen molar-refractivity contribution in [2.24, 2.45) is 0 Å². The van der Waals surface area contributed by atoms with Crippen LogP contribution in [0, 0.1) is 6.92 Å². The van der Waals surface area contributed by atoms with E-state index in [9.17, 15) is 4.79 Å². The summed E-state index contributed by atoms with van der Waals surface area (Å²) in [6.07, 6.45) is 4.36. The van der Waals surface area contributed by atoms with Crippen molar-refractivity contribution in [2.75, 3.05) is 18.4 Å². The van der Waals surface area contributed by atoms with Gasteiger partial charge in [0.15, 0.2) is 0 Å². The quantitative estimate of drug-likeness (QED) is 0.931. The van der Waals surface area contributed by atoms with Crippen LogP contribution in [0.1, 0.15) is 47.9 Å². The Morgan fingerprint density at radius 3 is 2.50 bits per heavy atom. The van der Waals surface area contributed by atoms with Crippen molar-refractivity contribution in [2.45, 2.75) is 39.5 Å². The summed E-state index contributed by atoms with van der Waals surface area (Å²) in [6, 6.07) is 9.95. The summed E-state index contributed by atoms with van der Waals surface area (Å²) >= 11 is 0. The fourth-order valence-corrected chi connectivity index (χ4v) is 2.95. The predicted molar refractivity (Wildman–Crippen MR) is 95.6 cm³/mol. The van der Waals surface area contributed by atoms with Crippen LogP contribution in [0.4, 0.5) is 11.6 Å². The van der Waals surface area contributed by atoms with E-state index < -0.39 is 0 Å². The Hall–Kier alpha value is -2.43. The molecule has 0 radical (unpaired) electrons. The molecule has 0 spiro atoms. The zero-order valence-corrected chi connectivity index (χ0v) is 14.4. The van der Waals surface area contributed by atoms with Crippen molar-refractivity contribution in [1.29, 1.82) is 0 Å². The maximum atomic E-state index is 12.6. The fourth-order valence-electron chi connectivity index (χ4n) is 2.95. The number of amides is 1. The molecule has 1 saturated heterocycles. The molecule has 0 saturated carbocycles. The van der Waals surface area contributed by atoms with E-state index in [0.29, 0.717) is 11.6 Å². The number of nitrogens with one attached hydrogen (secondary N) is 1. The number of aryl methyl sites for hydroxylation is 2. The molecule has 126 valence electrons. The molecule has 1 aromatic heterocycles. The van der Waals surface area contributed by atoms with Crippen LogP contribution in [-0.2, 0) is 6.42 Å². The second kappa shape index (κ2) is 7.43. The Labute approximate surface area is 143 Å². The number of benzene rings is 1. The van der Waals surface area contributed by atoms with Gasteiger partial charge in [-0.15, -0.1) is 0 Å². The third kappa shape index (κ3) is 3.91. The first kappa shape index (κ1) is 16.4. The van der Waals surface area contributed by atoms with Crippen molar-refractivity contribution in [3.8, 4) is 0 Å². The first-order valence-electron chi connectivity index (χ1n) is 8.66. The van der Waals surface area contributed by atoms with Gasteiger partial charge >= 0.3 is 0 Å². The highest BCUT2D eigenvalue weighted by atomic mass is 16.2. The van der Waals surface area contributed by atoms with Gasteiger partial charge in [-0.25, -0.2) is 9.97 Å². The van der Waals surface area contributed by atoms with Crippen molar-refractivity contribution in [1.82, 2.24) is 14.9 Å². The highest BCUT2D eigenvalue weighted by Gasteiger charge is 2.20. The highest BCUT2D eigenvalue weighted by molar-refractivity contribution is 5.92. The van der Waals surface area contributed by atoms with E-state index in [1.165, 1.54) is 12.0 Å². The minimum atomic E-state index is 0.00424. The number of likely N-dealkylation sites (tertiary alicyclic amines) is 1. The molecule has 3 rings (SSSR count). The van der Waals surface area contributed by atoms with Crippen LogP contribution in [0.25, 0.3) is 0 Å². The zero-order chi connectivity index (χ0) is 16.9. The number of piperidine rings is 1. The second-order valence-electron chi connectivity index (χ2n) is 6.25. The van der Waals surface area contributed by atoms with E-state index in [1.807, 2.05) is 24.0 Å². The number of carbonyl (C=O) groups excluding carboxylic acids is 1. The lowest BCUT2D eigenvalue weighted by atomic mass is 10.1. The maximum absolute atomic E-state index is 12.6. The van der Waals surface area contributed by atoms with Gasteiger partial charge < -0.3 is 10.2 Å². The number of rotatable bonds is 4. The molecule has 0 aliphatic carbocycles. The van der Waals surface area contributed by atoms with Gasteiger partial charge in [-0.2, -0.15) is 0 Å². The van der Waals surface area contributed by atoms with Crippen molar-refractivity contribution in [3.63, 3.8) is 0 Å². The molecule has 1 aliphatic rings. The average Bonchev–Trinajstić information content (AvgIpc) is 2.62. The lowest BCUT2D eigenvalue weighted by molar-refractivity contribution is 0.0718. The molecule has 1 fully saturated rings. The molecule has 1 aliphatic heterocycles. The second-order valence-corrected chi connectivity index (χ2v) is 6.25. The number of nitrogens with zero attached hydrogens (tertiary/aromatic N) is 3. The third-order valence-electron chi connectivity index (χ3n) is 4.33. The van der Waals surface area contributed by atoms with Gasteiger partial charge in [0.1, 0.15) is 5.69 Å². The predicted octanol–water partition coefficient (Wildman–Crippen LogP) is 3.72. The van der Waals surface area contributed by atoms with E-state index in [4.69, 9.17) is 0 Å². The molecule has 0 bridgehead atoms. The number of aromatic nitrogens is 2. The molecule has 2 heterocycles. The molecule has 1 amide bonds. The molecule has 5 nitrogen and oxygen atoms in total. The van der Waals surface area contributed by atoms with E-state index in [1.54, 1.807) is 6.07 Å². The topological polar surface area (TPSA) is 58.1 Å². The molecule has 0 unspecified atom stereocenters. The first-order valence-corrected chi connectivity index (χ1v) is 8.66. The molecule has 0 atom stereocenters. The minimum Gasteiger partial charge on any atom is -0.337 e. The maximum Gasteiger partial charge on any atom is 0.272 e. The van der Waals surface area contributed by atoms with Gasteiger partial charge in [-0.1, -0.05) is 19.1 Å². The number of hydrogen-bond donors (Lipinski definition) is 1. The molecular weight excluding hydrogens is 300 g/mol. The van der Waals surface area contributed by atoms with Crippen LogP contribution in [-0.4, -0.2) is 33.9 Å². The third-order valence-corrected chi connectivity index (χ3v) is 4.33. The monoisotopic (exact) mass is 324 g/mol. The average molecular weight is 324 g/mol. The molecule has 5 heteroatoms. The van der Waals surface area contributed by atoms with Gasteiger partial charge in [0.05, 0.1) is 0 Å². The zero-order valence-electron chi connectivity index (χ0n) is 14.4. The summed E-state index contributed by atoms with van der Waals surface area (Å²) in [5.74, 6) is 0.476. The highest BCUT2D eigenvalue weighted by Crippen LogP contribution is 2.17. The van der Waals surface area contributed by atoms with Crippen molar-refractivity contribution in [3.05, 3.63) is 47.3 Å². The molecular formula is C19H24N4O. The van der Waals surface area contributed by atoms with Gasteiger partial charge in [-0.05, 0) is 56.4 Å². The van der Waals surface area contributed by atoms with Crippen LogP contribution < -0.4 is 5.32 Å².